The topological polar surface area (TPSA) is 25.8 Å². The van der Waals surface area contributed by atoms with Crippen molar-refractivity contribution < 1.29 is 0 Å². The molecule has 0 aliphatic rings. The van der Waals surface area contributed by atoms with E-state index in [1.807, 2.05) is 0 Å². The second-order valence-corrected chi connectivity index (χ2v) is 3.46. The number of hydrogen-bond acceptors (Lipinski definition) is 4. The summed E-state index contributed by atoms with van der Waals surface area (Å²) < 4.78 is 0.951. The first kappa shape index (κ1) is 7.02. The summed E-state index contributed by atoms with van der Waals surface area (Å²) in [4.78, 5) is 0. The molecule has 4 heteroatoms. The Morgan fingerprint density at radius 3 is 2.78 bits per heavy atom. The molecule has 1 radical (unpaired) electrons. The molecular weight excluding hydrogens is 152 g/mol. The van der Waals surface area contributed by atoms with Crippen molar-refractivity contribution in [1.29, 1.82) is 0 Å². The van der Waals surface area contributed by atoms with Crippen LogP contribution in [-0.2, 0) is 6.42 Å². The van der Waals surface area contributed by atoms with Crippen molar-refractivity contribution in [3.05, 3.63) is 11.3 Å². The Kier molecular flexibility index (Phi) is 2.48. The van der Waals surface area contributed by atoms with Crippen molar-refractivity contribution in [2.24, 2.45) is 0 Å². The first-order valence-corrected chi connectivity index (χ1v) is 4.41. The lowest BCUT2D eigenvalue weighted by molar-refractivity contribution is 0.945. The lowest BCUT2D eigenvalue weighted by Gasteiger charge is -1.78. The third kappa shape index (κ3) is 1.66. The van der Waals surface area contributed by atoms with Crippen molar-refractivity contribution in [3.63, 3.8) is 0 Å². The Bertz CT molecular complexity index is 166. The van der Waals surface area contributed by atoms with Crippen LogP contribution in [0.3, 0.4) is 0 Å². The van der Waals surface area contributed by atoms with Crippen LogP contribution in [0.1, 0.15) is 11.9 Å². The lowest BCUT2D eigenvalue weighted by Crippen LogP contribution is -1.74. The van der Waals surface area contributed by atoms with Crippen LogP contribution in [0.5, 0.6) is 0 Å². The number of aromatic nitrogens is 2. The zero-order chi connectivity index (χ0) is 6.69. The van der Waals surface area contributed by atoms with Crippen molar-refractivity contribution in [2.75, 3.05) is 0 Å². The number of hydrogen-bond donors (Lipinski definition) is 0. The van der Waals surface area contributed by atoms with E-state index in [-0.39, 0.29) is 0 Å². The minimum absolute atomic E-state index is 0.951. The molecule has 0 saturated carbocycles. The van der Waals surface area contributed by atoms with E-state index < -0.39 is 0 Å². The molecule has 1 aromatic heterocycles. The summed E-state index contributed by atoms with van der Waals surface area (Å²) in [5, 5.41) is 8.87. The summed E-state index contributed by atoms with van der Waals surface area (Å²) in [5.74, 6) is 0. The van der Waals surface area contributed by atoms with Gasteiger partial charge in [0.2, 0.25) is 0 Å². The van der Waals surface area contributed by atoms with Crippen LogP contribution < -0.4 is 0 Å². The van der Waals surface area contributed by atoms with E-state index in [0.29, 0.717) is 0 Å². The zero-order valence-corrected chi connectivity index (χ0v) is 6.76. The van der Waals surface area contributed by atoms with E-state index in [1.165, 1.54) is 11.8 Å². The lowest BCUT2D eigenvalue weighted by atomic mass is 10.5. The largest absolute Gasteiger partial charge is 0.174 e. The van der Waals surface area contributed by atoms with E-state index in [0.717, 1.165) is 15.8 Å². The predicted octanol–water partition coefficient (Wildman–Crippen LogP) is 1.98. The third-order valence-corrected chi connectivity index (χ3v) is 2.67. The predicted molar refractivity (Wildman–Crippen MR) is 40.5 cm³/mol. The van der Waals surface area contributed by atoms with Crippen LogP contribution in [0.15, 0.2) is 4.34 Å². The molecule has 0 amide bonds. The molecule has 0 spiro atoms. The quantitative estimate of drug-likeness (QED) is 0.617. The highest BCUT2D eigenvalue weighted by molar-refractivity contribution is 8.02. The molecule has 49 valence electrons. The van der Waals surface area contributed by atoms with Gasteiger partial charge in [0.1, 0.15) is 5.01 Å². The zero-order valence-electron chi connectivity index (χ0n) is 5.13. The fraction of sp³-hybridized carbons (Fsp3) is 0.400. The third-order valence-electron chi connectivity index (χ3n) is 0.874. The molecule has 0 aliphatic carbocycles. The molecule has 0 atom stereocenters. The molecule has 0 saturated heterocycles. The van der Waals surface area contributed by atoms with Gasteiger partial charge in [0, 0.05) is 6.26 Å². The smallest absolute Gasteiger partial charge is 0.143 e. The Morgan fingerprint density at radius 2 is 2.44 bits per heavy atom. The monoisotopic (exact) mass is 159 g/mol. The van der Waals surface area contributed by atoms with Crippen molar-refractivity contribution in [1.82, 2.24) is 10.2 Å². The highest BCUT2D eigenvalue weighted by Gasteiger charge is 1.97. The molecule has 0 fully saturated rings. The average Bonchev–Trinajstić information content (AvgIpc) is 2.34. The minimum Gasteiger partial charge on any atom is -0.143 e. The molecule has 1 aromatic rings. The highest BCUT2D eigenvalue weighted by Crippen LogP contribution is 2.20. The van der Waals surface area contributed by atoms with Crippen LogP contribution in [0.4, 0.5) is 0 Å². The van der Waals surface area contributed by atoms with E-state index in [1.54, 1.807) is 11.3 Å². The summed E-state index contributed by atoms with van der Waals surface area (Å²) in [7, 11) is 0. The molecule has 0 unspecified atom stereocenters. The molecule has 2 nitrogen and oxygen atoms in total. The van der Waals surface area contributed by atoms with Gasteiger partial charge in [0.15, 0.2) is 4.34 Å². The molecule has 0 aromatic carbocycles. The minimum atomic E-state index is 0.951. The molecule has 1 rings (SSSR count). The maximum atomic E-state index is 3.91. The summed E-state index contributed by atoms with van der Waals surface area (Å²) in [6, 6.07) is 0. The summed E-state index contributed by atoms with van der Waals surface area (Å²) in [6.07, 6.45) is 4.60. The maximum absolute atomic E-state index is 3.91. The first-order valence-electron chi connectivity index (χ1n) is 2.61. The molecule has 0 N–H and O–H groups in total. The summed E-state index contributed by atoms with van der Waals surface area (Å²) in [6.45, 7) is 2.07. The Labute approximate surface area is 62.7 Å². The molecular formula is C5H7N2S2. The van der Waals surface area contributed by atoms with Crippen LogP contribution in [-0.4, -0.2) is 10.2 Å². The van der Waals surface area contributed by atoms with Crippen molar-refractivity contribution in [3.8, 4) is 0 Å². The van der Waals surface area contributed by atoms with E-state index in [4.69, 9.17) is 0 Å². The van der Waals surface area contributed by atoms with Gasteiger partial charge in [-0.15, -0.1) is 10.2 Å². The summed E-state index contributed by atoms with van der Waals surface area (Å²) >= 11 is 3.01. The van der Waals surface area contributed by atoms with Gasteiger partial charge < -0.3 is 0 Å². The van der Waals surface area contributed by atoms with Gasteiger partial charge in [0.05, 0.1) is 0 Å². The number of nitrogens with zero attached hydrogens (tertiary/aromatic N) is 2. The summed E-state index contributed by atoms with van der Waals surface area (Å²) in [5.41, 5.74) is 0. The fourth-order valence-corrected chi connectivity index (χ4v) is 1.57. The van der Waals surface area contributed by atoms with E-state index in [2.05, 4.69) is 23.4 Å². The van der Waals surface area contributed by atoms with Gasteiger partial charge in [-0.05, 0) is 6.42 Å². The second-order valence-electron chi connectivity index (χ2n) is 1.46. The van der Waals surface area contributed by atoms with Crippen LogP contribution in [0, 0.1) is 6.26 Å². The second kappa shape index (κ2) is 3.17. The molecule has 0 aliphatic heterocycles. The average molecular weight is 159 g/mol. The van der Waals surface area contributed by atoms with Gasteiger partial charge in [-0.2, -0.15) is 0 Å². The molecule has 0 bridgehead atoms. The van der Waals surface area contributed by atoms with Gasteiger partial charge >= 0.3 is 0 Å². The van der Waals surface area contributed by atoms with Gasteiger partial charge in [-0.25, -0.2) is 0 Å². The van der Waals surface area contributed by atoms with Crippen LogP contribution >= 0.6 is 23.1 Å². The molecule has 1 heterocycles. The van der Waals surface area contributed by atoms with Gasteiger partial charge in [-0.3, -0.25) is 0 Å². The molecule has 9 heavy (non-hydrogen) atoms. The normalized spacial score (nSPS) is 10.0. The highest BCUT2D eigenvalue weighted by atomic mass is 32.2. The van der Waals surface area contributed by atoms with Crippen LogP contribution in [0.25, 0.3) is 0 Å². The fourth-order valence-electron chi connectivity index (χ4n) is 0.439. The SMILES string of the molecule is [CH2]Sc1nnc(CC)s1. The van der Waals surface area contributed by atoms with Crippen LogP contribution in [0.2, 0.25) is 0 Å². The van der Waals surface area contributed by atoms with Crippen molar-refractivity contribution >= 4 is 23.1 Å². The number of thioether (sulfide) groups is 1. The van der Waals surface area contributed by atoms with Gasteiger partial charge in [-0.1, -0.05) is 30.0 Å². The number of aryl methyl sites for hydroxylation is 1. The number of rotatable bonds is 2. The Hall–Kier alpha value is -0.0900. The Balaban J connectivity index is 2.74. The maximum Gasteiger partial charge on any atom is 0.174 e. The van der Waals surface area contributed by atoms with E-state index in [9.17, 15) is 0 Å². The first-order chi connectivity index (χ1) is 4.36. The van der Waals surface area contributed by atoms with Crippen molar-refractivity contribution in [2.45, 2.75) is 17.7 Å². The Morgan fingerprint density at radius 1 is 1.67 bits per heavy atom. The standard InChI is InChI=1S/C5H7N2S2/c1-3-4-6-7-5(8-2)9-4/h2-3H2,1H3. The van der Waals surface area contributed by atoms with Gasteiger partial charge in [0.25, 0.3) is 0 Å². The van der Waals surface area contributed by atoms with E-state index >= 15 is 0 Å².